The maximum atomic E-state index is 11.9. The van der Waals surface area contributed by atoms with E-state index in [0.29, 0.717) is 23.6 Å². The first-order valence-electron chi connectivity index (χ1n) is 8.13. The lowest BCUT2D eigenvalue weighted by Crippen LogP contribution is -2.21. The van der Waals surface area contributed by atoms with Crippen molar-refractivity contribution in [1.82, 2.24) is 0 Å². The van der Waals surface area contributed by atoms with Crippen molar-refractivity contribution in [3.8, 4) is 17.2 Å². The van der Waals surface area contributed by atoms with Crippen molar-refractivity contribution < 1.29 is 28.5 Å². The van der Waals surface area contributed by atoms with Crippen molar-refractivity contribution >= 4 is 17.6 Å². The largest absolute Gasteiger partial charge is 0.496 e. The van der Waals surface area contributed by atoms with E-state index < -0.39 is 11.9 Å². The van der Waals surface area contributed by atoms with Gasteiger partial charge in [-0.15, -0.1) is 0 Å². The average Bonchev–Trinajstić information content (AvgIpc) is 3.12. The third kappa shape index (κ3) is 4.44. The molecule has 1 N–H and O–H groups in total. The van der Waals surface area contributed by atoms with Gasteiger partial charge in [-0.3, -0.25) is 9.59 Å². The molecule has 26 heavy (non-hydrogen) atoms. The van der Waals surface area contributed by atoms with Gasteiger partial charge in [0.15, 0.2) is 18.1 Å². The Morgan fingerprint density at radius 3 is 2.77 bits per heavy atom. The fraction of sp³-hybridized carbons (Fsp3) is 0.263. The summed E-state index contributed by atoms with van der Waals surface area (Å²) in [6.45, 7) is -0.185. The van der Waals surface area contributed by atoms with Gasteiger partial charge in [-0.2, -0.15) is 0 Å². The molecular formula is C19H19NO6. The Kier molecular flexibility index (Phi) is 5.58. The zero-order chi connectivity index (χ0) is 18.4. The zero-order valence-corrected chi connectivity index (χ0v) is 14.3. The molecule has 0 fully saturated rings. The van der Waals surface area contributed by atoms with Crippen LogP contribution in [-0.2, 0) is 20.7 Å². The Morgan fingerprint density at radius 2 is 1.92 bits per heavy atom. The SMILES string of the molecule is COc1ccccc1CCC(=O)OCC(=O)Nc1ccc2c(c1)OCO2. The first kappa shape index (κ1) is 17.6. The summed E-state index contributed by atoms with van der Waals surface area (Å²) in [5.74, 6) is 1.05. The minimum atomic E-state index is -0.447. The summed E-state index contributed by atoms with van der Waals surface area (Å²) in [6, 6.07) is 12.5. The Hall–Kier alpha value is -3.22. The number of esters is 1. The van der Waals surface area contributed by atoms with Crippen LogP contribution < -0.4 is 19.5 Å². The maximum Gasteiger partial charge on any atom is 0.306 e. The standard InChI is InChI=1S/C19H19NO6/c1-23-15-5-3-2-4-13(15)6-9-19(22)24-11-18(21)20-14-7-8-16-17(10-14)26-12-25-16/h2-5,7-8,10H,6,9,11-12H2,1H3,(H,20,21). The van der Waals surface area contributed by atoms with E-state index in [4.69, 9.17) is 18.9 Å². The van der Waals surface area contributed by atoms with Crippen molar-refractivity contribution in [2.24, 2.45) is 0 Å². The maximum absolute atomic E-state index is 11.9. The smallest absolute Gasteiger partial charge is 0.306 e. The van der Waals surface area contributed by atoms with E-state index in [1.54, 1.807) is 25.3 Å². The van der Waals surface area contributed by atoms with Gasteiger partial charge < -0.3 is 24.3 Å². The molecular weight excluding hydrogens is 338 g/mol. The summed E-state index contributed by atoms with van der Waals surface area (Å²) in [4.78, 5) is 23.8. The van der Waals surface area contributed by atoms with Crippen molar-refractivity contribution in [3.05, 3.63) is 48.0 Å². The Balaban J connectivity index is 1.43. The number of methoxy groups -OCH3 is 1. The molecule has 0 atom stereocenters. The number of para-hydroxylation sites is 1. The molecule has 1 aliphatic rings. The van der Waals surface area contributed by atoms with Crippen molar-refractivity contribution in [2.75, 3.05) is 25.8 Å². The molecule has 7 heteroatoms. The predicted molar refractivity (Wildman–Crippen MR) is 93.5 cm³/mol. The molecule has 1 amide bonds. The molecule has 0 aromatic heterocycles. The number of nitrogens with one attached hydrogen (secondary N) is 1. The van der Waals surface area contributed by atoms with Gasteiger partial charge in [0.1, 0.15) is 5.75 Å². The van der Waals surface area contributed by atoms with E-state index in [1.165, 1.54) is 0 Å². The molecule has 0 aliphatic carbocycles. The van der Waals surface area contributed by atoms with Crippen LogP contribution in [0.3, 0.4) is 0 Å². The number of ether oxygens (including phenoxy) is 4. The normalized spacial score (nSPS) is 11.7. The number of anilines is 1. The van der Waals surface area contributed by atoms with Crippen LogP contribution in [0.4, 0.5) is 5.69 Å². The highest BCUT2D eigenvalue weighted by Gasteiger charge is 2.15. The second-order valence-electron chi connectivity index (χ2n) is 5.59. The van der Waals surface area contributed by atoms with Gasteiger partial charge in [0.25, 0.3) is 5.91 Å². The number of carbonyl (C=O) groups is 2. The molecule has 0 unspecified atom stereocenters. The van der Waals surface area contributed by atoms with E-state index >= 15 is 0 Å². The zero-order valence-electron chi connectivity index (χ0n) is 14.3. The molecule has 7 nitrogen and oxygen atoms in total. The van der Waals surface area contributed by atoms with E-state index in [9.17, 15) is 9.59 Å². The molecule has 1 aliphatic heterocycles. The molecule has 2 aromatic carbocycles. The number of rotatable bonds is 7. The van der Waals surface area contributed by atoms with Crippen molar-refractivity contribution in [3.63, 3.8) is 0 Å². The average molecular weight is 357 g/mol. The Bertz CT molecular complexity index is 804. The van der Waals surface area contributed by atoms with E-state index in [1.807, 2.05) is 24.3 Å². The Labute approximate surface area is 150 Å². The van der Waals surface area contributed by atoms with Gasteiger partial charge in [0, 0.05) is 18.2 Å². The molecule has 0 saturated heterocycles. The van der Waals surface area contributed by atoms with E-state index in [2.05, 4.69) is 5.32 Å². The minimum Gasteiger partial charge on any atom is -0.496 e. The van der Waals surface area contributed by atoms with Crippen LogP contribution in [0.1, 0.15) is 12.0 Å². The summed E-state index contributed by atoms with van der Waals surface area (Å²) in [5, 5.41) is 2.65. The molecule has 0 saturated carbocycles. The minimum absolute atomic E-state index is 0.163. The molecule has 0 bridgehead atoms. The van der Waals surface area contributed by atoms with Gasteiger partial charge in [0.05, 0.1) is 7.11 Å². The van der Waals surface area contributed by atoms with Gasteiger partial charge in [-0.05, 0) is 30.2 Å². The lowest BCUT2D eigenvalue weighted by molar-refractivity contribution is -0.147. The van der Waals surface area contributed by atoms with Crippen LogP contribution in [0, 0.1) is 0 Å². The van der Waals surface area contributed by atoms with E-state index in [-0.39, 0.29) is 19.8 Å². The fourth-order valence-corrected chi connectivity index (χ4v) is 2.54. The highest BCUT2D eigenvalue weighted by atomic mass is 16.7. The number of hydrogen-bond donors (Lipinski definition) is 1. The fourth-order valence-electron chi connectivity index (χ4n) is 2.54. The second-order valence-corrected chi connectivity index (χ2v) is 5.59. The van der Waals surface area contributed by atoms with Crippen LogP contribution >= 0.6 is 0 Å². The topological polar surface area (TPSA) is 83.1 Å². The first-order chi connectivity index (χ1) is 12.7. The summed E-state index contributed by atoms with van der Waals surface area (Å²) >= 11 is 0. The van der Waals surface area contributed by atoms with Gasteiger partial charge in [-0.1, -0.05) is 18.2 Å². The molecule has 3 rings (SSSR count). The van der Waals surface area contributed by atoms with Crippen LogP contribution in [0.25, 0.3) is 0 Å². The monoisotopic (exact) mass is 357 g/mol. The second kappa shape index (κ2) is 8.24. The quantitative estimate of drug-likeness (QED) is 0.767. The van der Waals surface area contributed by atoms with Gasteiger partial charge >= 0.3 is 5.97 Å². The van der Waals surface area contributed by atoms with E-state index in [0.717, 1.165) is 11.3 Å². The number of benzene rings is 2. The molecule has 0 radical (unpaired) electrons. The summed E-state index contributed by atoms with van der Waals surface area (Å²) in [5.41, 5.74) is 1.46. The van der Waals surface area contributed by atoms with Crippen LogP contribution in [0.2, 0.25) is 0 Å². The van der Waals surface area contributed by atoms with Crippen molar-refractivity contribution in [2.45, 2.75) is 12.8 Å². The molecule has 136 valence electrons. The molecule has 1 heterocycles. The summed E-state index contributed by atoms with van der Waals surface area (Å²) in [6.07, 6.45) is 0.643. The van der Waals surface area contributed by atoms with Gasteiger partial charge in [-0.25, -0.2) is 0 Å². The number of amides is 1. The highest BCUT2D eigenvalue weighted by Crippen LogP contribution is 2.34. The lowest BCUT2D eigenvalue weighted by Gasteiger charge is -2.09. The predicted octanol–water partition coefficient (Wildman–Crippen LogP) is 2.54. The summed E-state index contributed by atoms with van der Waals surface area (Å²) in [7, 11) is 1.58. The Morgan fingerprint density at radius 1 is 1.12 bits per heavy atom. The number of fused-ring (bicyclic) bond motifs is 1. The van der Waals surface area contributed by atoms with Crippen LogP contribution in [0.5, 0.6) is 17.2 Å². The third-order valence-electron chi connectivity index (χ3n) is 3.81. The lowest BCUT2D eigenvalue weighted by atomic mass is 10.1. The highest BCUT2D eigenvalue weighted by molar-refractivity contribution is 5.93. The van der Waals surface area contributed by atoms with Crippen LogP contribution in [-0.4, -0.2) is 32.4 Å². The summed E-state index contributed by atoms with van der Waals surface area (Å²) < 4.78 is 20.7. The number of aryl methyl sites for hydroxylation is 1. The van der Waals surface area contributed by atoms with Crippen molar-refractivity contribution in [1.29, 1.82) is 0 Å². The number of hydrogen-bond acceptors (Lipinski definition) is 6. The number of carbonyl (C=O) groups excluding carboxylic acids is 2. The molecule has 0 spiro atoms. The molecule has 2 aromatic rings. The third-order valence-corrected chi connectivity index (χ3v) is 3.81. The van der Waals surface area contributed by atoms with Gasteiger partial charge in [0.2, 0.25) is 6.79 Å². The van der Waals surface area contributed by atoms with Crippen LogP contribution in [0.15, 0.2) is 42.5 Å². The first-order valence-corrected chi connectivity index (χ1v) is 8.13.